The van der Waals surface area contributed by atoms with Crippen LogP contribution in [0.4, 0.5) is 0 Å². The van der Waals surface area contributed by atoms with E-state index in [1.807, 2.05) is 30.3 Å². The molecule has 0 saturated carbocycles. The van der Waals surface area contributed by atoms with Gasteiger partial charge in [-0.1, -0.05) is 25.1 Å². The zero-order valence-electron chi connectivity index (χ0n) is 10.5. The van der Waals surface area contributed by atoms with E-state index in [1.54, 1.807) is 6.92 Å². The van der Waals surface area contributed by atoms with E-state index < -0.39 is 12.0 Å². The fourth-order valence-corrected chi connectivity index (χ4v) is 2.39. The summed E-state index contributed by atoms with van der Waals surface area (Å²) in [5, 5.41) is 8.98. The lowest BCUT2D eigenvalue weighted by Crippen LogP contribution is -2.42. The Kier molecular flexibility index (Phi) is 5.71. The number of nitrogens with zero attached hydrogens (tertiary/aromatic N) is 1. The Hall–Kier alpha value is -1.49. The van der Waals surface area contributed by atoms with Gasteiger partial charge in [0.15, 0.2) is 0 Å². The van der Waals surface area contributed by atoms with Gasteiger partial charge in [-0.25, -0.2) is 4.79 Å². The molecule has 1 aromatic carbocycles. The smallest absolute Gasteiger partial charge is 0.326 e. The van der Waals surface area contributed by atoms with E-state index in [0.717, 1.165) is 4.90 Å². The Labute approximate surface area is 111 Å². The van der Waals surface area contributed by atoms with Crippen molar-refractivity contribution in [3.05, 3.63) is 30.3 Å². The molecule has 0 aliphatic rings. The van der Waals surface area contributed by atoms with Gasteiger partial charge in [-0.05, 0) is 18.6 Å². The van der Waals surface area contributed by atoms with Crippen molar-refractivity contribution in [1.82, 2.24) is 4.90 Å². The van der Waals surface area contributed by atoms with Gasteiger partial charge in [-0.3, -0.25) is 4.79 Å². The molecule has 1 aromatic rings. The second-order valence-corrected chi connectivity index (χ2v) is 4.92. The number of carbonyl (C=O) groups excluding carboxylic acids is 1. The number of amides is 1. The monoisotopic (exact) mass is 267 g/mol. The highest BCUT2D eigenvalue weighted by molar-refractivity contribution is 8.00. The predicted octanol–water partition coefficient (Wildman–Crippen LogP) is 2.10. The molecule has 0 radical (unpaired) electrons. The Morgan fingerprint density at radius 2 is 1.94 bits per heavy atom. The Morgan fingerprint density at radius 1 is 1.33 bits per heavy atom. The number of thioether (sulfide) groups is 1. The first-order valence-electron chi connectivity index (χ1n) is 5.72. The van der Waals surface area contributed by atoms with Gasteiger partial charge in [0.1, 0.15) is 6.04 Å². The molecule has 0 aromatic heterocycles. The minimum Gasteiger partial charge on any atom is -0.480 e. The van der Waals surface area contributed by atoms with E-state index in [9.17, 15) is 9.59 Å². The highest BCUT2D eigenvalue weighted by atomic mass is 32.2. The van der Waals surface area contributed by atoms with Crippen LogP contribution in [0.2, 0.25) is 0 Å². The number of rotatable bonds is 6. The van der Waals surface area contributed by atoms with Crippen LogP contribution >= 0.6 is 11.8 Å². The van der Waals surface area contributed by atoms with Crippen molar-refractivity contribution in [2.24, 2.45) is 0 Å². The van der Waals surface area contributed by atoms with Crippen molar-refractivity contribution in [1.29, 1.82) is 0 Å². The molecule has 0 aliphatic carbocycles. The lowest BCUT2D eigenvalue weighted by atomic mass is 10.2. The van der Waals surface area contributed by atoms with Gasteiger partial charge in [0.25, 0.3) is 0 Å². The Morgan fingerprint density at radius 3 is 2.44 bits per heavy atom. The maximum atomic E-state index is 11.9. The molecule has 5 heteroatoms. The van der Waals surface area contributed by atoms with Crippen molar-refractivity contribution in [3.63, 3.8) is 0 Å². The molecule has 0 aliphatic heterocycles. The molecule has 1 rings (SSSR count). The third-order valence-electron chi connectivity index (χ3n) is 2.64. The van der Waals surface area contributed by atoms with E-state index in [2.05, 4.69) is 0 Å². The highest BCUT2D eigenvalue weighted by Crippen LogP contribution is 2.17. The molecule has 0 saturated heterocycles. The first-order valence-corrected chi connectivity index (χ1v) is 6.71. The fraction of sp³-hybridized carbons (Fsp3) is 0.385. The summed E-state index contributed by atoms with van der Waals surface area (Å²) in [6.45, 7) is 1.76. The van der Waals surface area contributed by atoms with E-state index in [4.69, 9.17) is 5.11 Å². The maximum absolute atomic E-state index is 11.9. The Balaban J connectivity index is 2.52. The molecule has 1 atom stereocenters. The van der Waals surface area contributed by atoms with Crippen LogP contribution in [0.1, 0.15) is 13.3 Å². The van der Waals surface area contributed by atoms with E-state index in [1.165, 1.54) is 23.7 Å². The number of likely N-dealkylation sites (N-methyl/N-ethyl adjacent to an activating group) is 1. The highest BCUT2D eigenvalue weighted by Gasteiger charge is 2.24. The van der Waals surface area contributed by atoms with Crippen LogP contribution in [-0.4, -0.2) is 40.7 Å². The second-order valence-electron chi connectivity index (χ2n) is 3.87. The lowest BCUT2D eigenvalue weighted by Gasteiger charge is -2.23. The van der Waals surface area contributed by atoms with Gasteiger partial charge >= 0.3 is 5.97 Å². The van der Waals surface area contributed by atoms with Gasteiger partial charge < -0.3 is 10.0 Å². The summed E-state index contributed by atoms with van der Waals surface area (Å²) in [6, 6.07) is 8.83. The molecule has 1 N–H and O–H groups in total. The van der Waals surface area contributed by atoms with Crippen LogP contribution in [0.5, 0.6) is 0 Å². The molecule has 0 heterocycles. The molecular weight excluding hydrogens is 250 g/mol. The SMILES string of the molecule is CCC(C(=O)O)N(C)C(=O)CSc1ccccc1. The first-order chi connectivity index (χ1) is 8.56. The quantitative estimate of drug-likeness (QED) is 0.802. The molecule has 0 bridgehead atoms. The summed E-state index contributed by atoms with van der Waals surface area (Å²) in [5.74, 6) is -0.874. The van der Waals surface area contributed by atoms with Gasteiger partial charge in [0, 0.05) is 11.9 Å². The first kappa shape index (κ1) is 14.6. The summed E-state index contributed by atoms with van der Waals surface area (Å²) in [7, 11) is 1.54. The summed E-state index contributed by atoms with van der Waals surface area (Å²) in [6.07, 6.45) is 0.410. The van der Waals surface area contributed by atoms with Crippen molar-refractivity contribution < 1.29 is 14.7 Å². The van der Waals surface area contributed by atoms with E-state index >= 15 is 0 Å². The minimum atomic E-state index is -0.960. The standard InChI is InChI=1S/C13H17NO3S/c1-3-11(13(16)17)14(2)12(15)9-18-10-7-5-4-6-8-10/h4-8,11H,3,9H2,1-2H3,(H,16,17). The average molecular weight is 267 g/mol. The third-order valence-corrected chi connectivity index (χ3v) is 3.63. The molecule has 0 spiro atoms. The van der Waals surface area contributed by atoms with Crippen LogP contribution in [0.3, 0.4) is 0 Å². The topological polar surface area (TPSA) is 57.6 Å². The number of carboxylic acids is 1. The molecule has 4 nitrogen and oxygen atoms in total. The Bertz CT molecular complexity index is 408. The number of carbonyl (C=O) groups is 2. The number of hydrogen-bond acceptors (Lipinski definition) is 3. The number of carboxylic acid groups (broad SMARTS) is 1. The molecule has 0 fully saturated rings. The van der Waals surface area contributed by atoms with Gasteiger partial charge in [-0.2, -0.15) is 0 Å². The van der Waals surface area contributed by atoms with Crippen LogP contribution < -0.4 is 0 Å². The van der Waals surface area contributed by atoms with Gasteiger partial charge in [0.2, 0.25) is 5.91 Å². The summed E-state index contributed by atoms with van der Waals surface area (Å²) in [4.78, 5) is 25.1. The van der Waals surface area contributed by atoms with Crippen molar-refractivity contribution in [2.75, 3.05) is 12.8 Å². The number of aliphatic carboxylic acids is 1. The zero-order chi connectivity index (χ0) is 13.5. The summed E-state index contributed by atoms with van der Waals surface area (Å²) >= 11 is 1.41. The second kappa shape index (κ2) is 7.06. The van der Waals surface area contributed by atoms with E-state index in [-0.39, 0.29) is 11.7 Å². The lowest BCUT2D eigenvalue weighted by molar-refractivity contribution is -0.148. The molecule has 18 heavy (non-hydrogen) atoms. The van der Waals surface area contributed by atoms with Crippen molar-refractivity contribution >= 4 is 23.6 Å². The molecule has 98 valence electrons. The third kappa shape index (κ3) is 4.07. The van der Waals surface area contributed by atoms with Crippen LogP contribution in [-0.2, 0) is 9.59 Å². The maximum Gasteiger partial charge on any atom is 0.326 e. The number of hydrogen-bond donors (Lipinski definition) is 1. The molecular formula is C13H17NO3S. The van der Waals surface area contributed by atoms with Gasteiger partial charge in [0.05, 0.1) is 5.75 Å². The molecule has 1 amide bonds. The normalized spacial score (nSPS) is 11.9. The van der Waals surface area contributed by atoms with Crippen molar-refractivity contribution in [2.45, 2.75) is 24.3 Å². The summed E-state index contributed by atoms with van der Waals surface area (Å²) < 4.78 is 0. The minimum absolute atomic E-state index is 0.168. The van der Waals surface area contributed by atoms with E-state index in [0.29, 0.717) is 6.42 Å². The number of benzene rings is 1. The molecule has 1 unspecified atom stereocenters. The predicted molar refractivity (Wildman–Crippen MR) is 71.7 cm³/mol. The zero-order valence-corrected chi connectivity index (χ0v) is 11.3. The van der Waals surface area contributed by atoms with Crippen LogP contribution in [0.25, 0.3) is 0 Å². The fourth-order valence-electron chi connectivity index (χ4n) is 1.55. The van der Waals surface area contributed by atoms with Gasteiger partial charge in [-0.15, -0.1) is 11.8 Å². The average Bonchev–Trinajstić information content (AvgIpc) is 2.37. The largest absolute Gasteiger partial charge is 0.480 e. The van der Waals surface area contributed by atoms with Crippen molar-refractivity contribution in [3.8, 4) is 0 Å². The van der Waals surface area contributed by atoms with Crippen LogP contribution in [0, 0.1) is 0 Å². The van der Waals surface area contributed by atoms with Crippen LogP contribution in [0.15, 0.2) is 35.2 Å². The summed E-state index contributed by atoms with van der Waals surface area (Å²) in [5.41, 5.74) is 0.